The molecule has 3 N–H and O–H groups in total. The summed E-state index contributed by atoms with van der Waals surface area (Å²) < 4.78 is 21.8. The highest BCUT2D eigenvalue weighted by molar-refractivity contribution is 6.10. The normalized spacial score (nSPS) is 18.0. The number of methoxy groups -OCH3 is 3. The van der Waals surface area contributed by atoms with E-state index in [2.05, 4.69) is 10.6 Å². The van der Waals surface area contributed by atoms with E-state index in [1.807, 2.05) is 32.0 Å². The minimum atomic E-state index is -0.673. The molecule has 0 saturated carbocycles. The number of carbonyl (C=O) groups excluding carboxylic acids is 2. The van der Waals surface area contributed by atoms with Crippen molar-refractivity contribution in [1.29, 1.82) is 0 Å². The van der Waals surface area contributed by atoms with E-state index in [-0.39, 0.29) is 29.8 Å². The van der Waals surface area contributed by atoms with Gasteiger partial charge in [-0.2, -0.15) is 0 Å². The molecule has 9 heteroatoms. The molecule has 0 bridgehead atoms. The topological polar surface area (TPSA) is 115 Å². The number of dihydropyridines is 1. The number of allylic oxidation sites excluding steroid dienone is 3. The number of carbonyl (C=O) groups is 2. The van der Waals surface area contributed by atoms with Gasteiger partial charge in [-0.1, -0.05) is 12.1 Å². The molecule has 1 amide bonds. The van der Waals surface area contributed by atoms with Crippen LogP contribution in [0.15, 0.2) is 83.2 Å². The van der Waals surface area contributed by atoms with Gasteiger partial charge < -0.3 is 34.7 Å². The maximum Gasteiger partial charge on any atom is 0.254 e. The van der Waals surface area contributed by atoms with Crippen LogP contribution in [0.25, 0.3) is 0 Å². The fraction of sp³-hybridized carbons (Fsp3) is 0.294. The first kappa shape index (κ1) is 29.6. The number of Topliss-reactive ketones (excluding diaryl/α,β-unsaturated/α-hetero) is 1. The third kappa shape index (κ3) is 5.88. The zero-order valence-electron chi connectivity index (χ0n) is 24.9. The summed E-state index contributed by atoms with van der Waals surface area (Å²) in [6.07, 6.45) is 0.823. The SMILES string of the molecule is CCOc1cc([C@H]2C(C(=O)Nc3ccc(OC)cc3)=C(C)NC3=C2C(=O)C[C@@H](c2ccc(OC)c(OC)c2)C3)ccc1O. The minimum absolute atomic E-state index is 0.0119. The van der Waals surface area contributed by atoms with Gasteiger partial charge in [0.2, 0.25) is 0 Å². The second-order valence-corrected chi connectivity index (χ2v) is 10.5. The van der Waals surface area contributed by atoms with Crippen LogP contribution < -0.4 is 29.6 Å². The number of ketones is 1. The van der Waals surface area contributed by atoms with Crippen molar-refractivity contribution in [2.75, 3.05) is 33.3 Å². The molecule has 0 aromatic heterocycles. The number of hydrogen-bond acceptors (Lipinski definition) is 8. The summed E-state index contributed by atoms with van der Waals surface area (Å²) in [7, 11) is 4.75. The van der Waals surface area contributed by atoms with Gasteiger partial charge in [-0.25, -0.2) is 0 Å². The second-order valence-electron chi connectivity index (χ2n) is 10.5. The van der Waals surface area contributed by atoms with E-state index in [1.54, 1.807) is 57.7 Å². The largest absolute Gasteiger partial charge is 0.504 e. The summed E-state index contributed by atoms with van der Waals surface area (Å²) in [5.41, 5.74) is 4.59. The quantitative estimate of drug-likeness (QED) is 0.288. The van der Waals surface area contributed by atoms with E-state index in [4.69, 9.17) is 18.9 Å². The molecule has 0 radical (unpaired) electrons. The predicted molar refractivity (Wildman–Crippen MR) is 163 cm³/mol. The van der Waals surface area contributed by atoms with Crippen LogP contribution in [-0.4, -0.2) is 44.7 Å². The highest BCUT2D eigenvalue weighted by atomic mass is 16.5. The zero-order chi connectivity index (χ0) is 30.7. The lowest BCUT2D eigenvalue weighted by molar-refractivity contribution is -0.116. The molecule has 3 aromatic carbocycles. The van der Waals surface area contributed by atoms with Crippen molar-refractivity contribution < 1.29 is 33.6 Å². The van der Waals surface area contributed by atoms with E-state index in [9.17, 15) is 14.7 Å². The molecule has 3 aromatic rings. The number of hydrogen-bond donors (Lipinski definition) is 3. The number of phenols is 1. The van der Waals surface area contributed by atoms with Gasteiger partial charge in [0, 0.05) is 40.6 Å². The predicted octanol–water partition coefficient (Wildman–Crippen LogP) is 5.82. The van der Waals surface area contributed by atoms with Crippen LogP contribution in [0.4, 0.5) is 5.69 Å². The van der Waals surface area contributed by atoms with Crippen molar-refractivity contribution in [1.82, 2.24) is 5.32 Å². The van der Waals surface area contributed by atoms with Gasteiger partial charge in [-0.05, 0) is 85.8 Å². The maximum absolute atomic E-state index is 14.1. The summed E-state index contributed by atoms with van der Waals surface area (Å²) >= 11 is 0. The number of ether oxygens (including phenoxy) is 4. The van der Waals surface area contributed by atoms with Crippen LogP contribution in [0.1, 0.15) is 49.7 Å². The Morgan fingerprint density at radius 1 is 0.907 bits per heavy atom. The van der Waals surface area contributed by atoms with Crippen LogP contribution in [0.2, 0.25) is 0 Å². The monoisotopic (exact) mass is 584 g/mol. The number of aromatic hydroxyl groups is 1. The third-order valence-corrected chi connectivity index (χ3v) is 7.92. The van der Waals surface area contributed by atoms with E-state index in [0.717, 1.165) is 11.3 Å². The van der Waals surface area contributed by atoms with Crippen molar-refractivity contribution in [2.45, 2.75) is 38.5 Å². The number of phenolic OH excluding ortho intramolecular Hbond substituents is 1. The first-order chi connectivity index (χ1) is 20.8. The second kappa shape index (κ2) is 12.5. The molecule has 9 nitrogen and oxygen atoms in total. The Hall–Kier alpha value is -4.92. The van der Waals surface area contributed by atoms with Gasteiger partial charge in [0.1, 0.15) is 5.75 Å². The maximum atomic E-state index is 14.1. The van der Waals surface area contributed by atoms with Crippen molar-refractivity contribution in [3.05, 3.63) is 94.3 Å². The molecule has 1 aliphatic heterocycles. The lowest BCUT2D eigenvalue weighted by Crippen LogP contribution is -2.37. The number of nitrogens with one attached hydrogen (secondary N) is 2. The number of amides is 1. The van der Waals surface area contributed by atoms with Crippen LogP contribution in [0.5, 0.6) is 28.7 Å². The molecule has 5 rings (SSSR count). The summed E-state index contributed by atoms with van der Waals surface area (Å²) in [4.78, 5) is 28.0. The van der Waals surface area contributed by atoms with Gasteiger partial charge in [0.15, 0.2) is 28.8 Å². The van der Waals surface area contributed by atoms with Gasteiger partial charge in [0.25, 0.3) is 5.91 Å². The molecule has 0 fully saturated rings. The molecule has 0 spiro atoms. The van der Waals surface area contributed by atoms with Gasteiger partial charge in [-0.3, -0.25) is 9.59 Å². The van der Waals surface area contributed by atoms with Crippen LogP contribution in [-0.2, 0) is 9.59 Å². The Labute approximate surface area is 251 Å². The van der Waals surface area contributed by atoms with Gasteiger partial charge in [0.05, 0.1) is 27.9 Å². The summed E-state index contributed by atoms with van der Waals surface area (Å²) in [5, 5.41) is 16.8. The average Bonchev–Trinajstić information content (AvgIpc) is 3.01. The van der Waals surface area contributed by atoms with Gasteiger partial charge >= 0.3 is 0 Å². The Balaban J connectivity index is 1.56. The molecular weight excluding hydrogens is 548 g/mol. The standard InChI is InChI=1S/C34H36N2O7/c1-6-43-29-18-21(7-13-26(29)37)32-31(34(39)36-23-9-11-24(40-3)12-10-23)19(2)35-25-15-22(16-27(38)33(25)32)20-8-14-28(41-4)30(17-20)42-5/h7-14,17-18,22,32,35,37H,6,15-16H2,1-5H3,(H,36,39)/t22-,32-/m0/s1. The highest BCUT2D eigenvalue weighted by Gasteiger charge is 2.41. The summed E-state index contributed by atoms with van der Waals surface area (Å²) in [6, 6.07) is 17.7. The summed E-state index contributed by atoms with van der Waals surface area (Å²) in [5.74, 6) is 0.996. The molecule has 224 valence electrons. The number of benzene rings is 3. The highest BCUT2D eigenvalue weighted by Crippen LogP contribution is 2.47. The van der Waals surface area contributed by atoms with E-state index in [1.165, 1.54) is 6.07 Å². The molecule has 2 atom stereocenters. The lowest BCUT2D eigenvalue weighted by Gasteiger charge is -2.37. The molecule has 0 unspecified atom stereocenters. The third-order valence-electron chi connectivity index (χ3n) is 7.92. The minimum Gasteiger partial charge on any atom is -0.504 e. The molecule has 2 aliphatic rings. The van der Waals surface area contributed by atoms with Crippen molar-refractivity contribution in [3.8, 4) is 28.7 Å². The molecule has 1 heterocycles. The van der Waals surface area contributed by atoms with Crippen LogP contribution in [0, 0.1) is 0 Å². The fourth-order valence-electron chi connectivity index (χ4n) is 5.87. The molecule has 43 heavy (non-hydrogen) atoms. The fourth-order valence-corrected chi connectivity index (χ4v) is 5.87. The molecule has 0 saturated heterocycles. The van der Waals surface area contributed by atoms with Crippen LogP contribution >= 0.6 is 0 Å². The van der Waals surface area contributed by atoms with Crippen molar-refractivity contribution in [3.63, 3.8) is 0 Å². The van der Waals surface area contributed by atoms with E-state index >= 15 is 0 Å². The van der Waals surface area contributed by atoms with Crippen molar-refractivity contribution >= 4 is 17.4 Å². The average molecular weight is 585 g/mol. The number of anilines is 1. The molecular formula is C34H36N2O7. The Kier molecular flexibility index (Phi) is 8.61. The van der Waals surface area contributed by atoms with Crippen molar-refractivity contribution in [2.24, 2.45) is 0 Å². The Morgan fingerprint density at radius 2 is 1.60 bits per heavy atom. The smallest absolute Gasteiger partial charge is 0.254 e. The van der Waals surface area contributed by atoms with Crippen LogP contribution in [0.3, 0.4) is 0 Å². The Morgan fingerprint density at radius 3 is 2.28 bits per heavy atom. The first-order valence-electron chi connectivity index (χ1n) is 14.1. The summed E-state index contributed by atoms with van der Waals surface area (Å²) in [6.45, 7) is 4.02. The number of rotatable bonds is 9. The zero-order valence-corrected chi connectivity index (χ0v) is 24.9. The molecule has 1 aliphatic carbocycles. The lowest BCUT2D eigenvalue weighted by atomic mass is 9.71. The van der Waals surface area contributed by atoms with E-state index < -0.39 is 5.92 Å². The van der Waals surface area contributed by atoms with E-state index in [0.29, 0.717) is 64.1 Å². The Bertz CT molecular complexity index is 1610. The first-order valence-corrected chi connectivity index (χ1v) is 14.1. The van der Waals surface area contributed by atoms with Gasteiger partial charge in [-0.15, -0.1) is 0 Å².